The maximum absolute atomic E-state index is 13.7. The number of nitrogens with one attached hydrogen (secondary N) is 1. The molecule has 5 rings (SSSR count). The van der Waals surface area contributed by atoms with Gasteiger partial charge in [0, 0.05) is 23.9 Å². The van der Waals surface area contributed by atoms with Gasteiger partial charge in [-0.25, -0.2) is 9.78 Å². The minimum atomic E-state index is -0.917. The van der Waals surface area contributed by atoms with E-state index in [0.29, 0.717) is 24.0 Å². The second-order valence-corrected chi connectivity index (χ2v) is 9.84. The molecule has 3 aromatic rings. The van der Waals surface area contributed by atoms with E-state index in [1.54, 1.807) is 12.3 Å². The summed E-state index contributed by atoms with van der Waals surface area (Å²) in [7, 11) is 0. The summed E-state index contributed by atoms with van der Waals surface area (Å²) in [6.45, 7) is 4.84. The fraction of sp³-hybridized carbons (Fsp3) is 0.370. The number of ether oxygens (including phenoxy) is 2. The summed E-state index contributed by atoms with van der Waals surface area (Å²) < 4.78 is 11.2. The number of aromatic nitrogens is 1. The van der Waals surface area contributed by atoms with E-state index in [4.69, 9.17) is 9.47 Å². The van der Waals surface area contributed by atoms with Crippen LogP contribution < -0.4 is 5.32 Å². The normalized spacial score (nSPS) is 21.5. The first-order valence-electron chi connectivity index (χ1n) is 11.8. The van der Waals surface area contributed by atoms with E-state index < -0.39 is 11.4 Å². The van der Waals surface area contributed by atoms with E-state index in [9.17, 15) is 9.59 Å². The summed E-state index contributed by atoms with van der Waals surface area (Å²) >= 11 is 1.32. The standard InChI is InChI=1S/C27H28N2O4S/c1-3-32-24(30)23-15-34-25(29-23)27(13-12-17(2)28-16-27)26(31)33-14-22-20-10-6-4-8-18(20)19-9-5-7-11-21(19)22/h4-11,15,17,22,28H,3,12-14,16H2,1-2H3/t17-,27+/m1/s1. The average molecular weight is 477 g/mol. The first-order valence-corrected chi connectivity index (χ1v) is 12.6. The quantitative estimate of drug-likeness (QED) is 0.521. The third kappa shape index (κ3) is 3.93. The second-order valence-electron chi connectivity index (χ2n) is 8.99. The van der Waals surface area contributed by atoms with E-state index in [2.05, 4.69) is 41.5 Å². The van der Waals surface area contributed by atoms with Gasteiger partial charge >= 0.3 is 11.9 Å². The van der Waals surface area contributed by atoms with Gasteiger partial charge in [-0.2, -0.15) is 0 Å². The van der Waals surface area contributed by atoms with E-state index in [-0.39, 0.29) is 30.8 Å². The Kier molecular flexibility index (Phi) is 6.23. The number of hydrogen-bond acceptors (Lipinski definition) is 7. The molecule has 0 spiro atoms. The SMILES string of the molecule is CCOC(=O)c1csc([C@]2(C(=O)OCC3c4ccccc4-c4ccccc43)CC[C@@H](C)NC2)n1. The molecule has 2 atom stereocenters. The van der Waals surface area contributed by atoms with E-state index >= 15 is 0 Å². The summed E-state index contributed by atoms with van der Waals surface area (Å²) in [5.74, 6) is -0.765. The van der Waals surface area contributed by atoms with Gasteiger partial charge in [0.15, 0.2) is 5.69 Å². The molecular formula is C27H28N2O4S. The van der Waals surface area contributed by atoms with E-state index in [1.165, 1.54) is 33.6 Å². The number of nitrogens with zero attached hydrogens (tertiary/aromatic N) is 1. The van der Waals surface area contributed by atoms with Crippen LogP contribution in [0, 0.1) is 0 Å². The van der Waals surface area contributed by atoms with Crippen LogP contribution >= 0.6 is 11.3 Å². The van der Waals surface area contributed by atoms with Gasteiger partial charge in [-0.05, 0) is 48.9 Å². The lowest BCUT2D eigenvalue weighted by Gasteiger charge is -2.36. The Morgan fingerprint density at radius 2 is 1.76 bits per heavy atom. The third-order valence-corrected chi connectivity index (χ3v) is 7.94. The van der Waals surface area contributed by atoms with Crippen molar-refractivity contribution in [3.63, 3.8) is 0 Å². The molecule has 2 heterocycles. The van der Waals surface area contributed by atoms with Gasteiger partial charge in [-0.3, -0.25) is 4.79 Å². The van der Waals surface area contributed by atoms with Crippen LogP contribution in [0.4, 0.5) is 0 Å². The minimum Gasteiger partial charge on any atom is -0.464 e. The van der Waals surface area contributed by atoms with Crippen molar-refractivity contribution in [3.8, 4) is 11.1 Å². The molecule has 1 fully saturated rings. The topological polar surface area (TPSA) is 77.5 Å². The number of rotatable bonds is 6. The molecular weight excluding hydrogens is 448 g/mol. The zero-order chi connectivity index (χ0) is 23.7. The summed E-state index contributed by atoms with van der Waals surface area (Å²) in [5, 5.41) is 5.70. The Bertz CT molecular complexity index is 1170. The third-order valence-electron chi connectivity index (χ3n) is 6.89. The number of carbonyl (C=O) groups is 2. The summed E-state index contributed by atoms with van der Waals surface area (Å²) in [4.78, 5) is 30.4. The molecule has 1 aliphatic carbocycles. The van der Waals surface area contributed by atoms with Crippen LogP contribution in [0.1, 0.15) is 59.2 Å². The fourth-order valence-electron chi connectivity index (χ4n) is 4.97. The van der Waals surface area contributed by atoms with Crippen molar-refractivity contribution in [2.24, 2.45) is 0 Å². The molecule has 0 unspecified atom stereocenters. The molecule has 0 amide bonds. The summed E-state index contributed by atoms with van der Waals surface area (Å²) in [6.07, 6.45) is 1.44. The van der Waals surface area contributed by atoms with Crippen molar-refractivity contribution in [1.29, 1.82) is 0 Å². The number of fused-ring (bicyclic) bond motifs is 3. The predicted molar refractivity (Wildman–Crippen MR) is 131 cm³/mol. The van der Waals surface area contributed by atoms with Crippen molar-refractivity contribution >= 4 is 23.3 Å². The molecule has 1 saturated heterocycles. The Labute approximate surface area is 203 Å². The minimum absolute atomic E-state index is 0.00439. The lowest BCUT2D eigenvalue weighted by Crippen LogP contribution is -2.52. The van der Waals surface area contributed by atoms with Crippen molar-refractivity contribution < 1.29 is 19.1 Å². The number of hydrogen-bond donors (Lipinski definition) is 1. The highest BCUT2D eigenvalue weighted by Gasteiger charge is 2.47. The molecule has 2 aliphatic rings. The van der Waals surface area contributed by atoms with E-state index in [1.807, 2.05) is 24.3 Å². The molecule has 6 nitrogen and oxygen atoms in total. The maximum atomic E-state index is 13.7. The van der Waals surface area contributed by atoms with Crippen LogP contribution in [0.5, 0.6) is 0 Å². The molecule has 2 aromatic carbocycles. The van der Waals surface area contributed by atoms with Crippen LogP contribution in [0.15, 0.2) is 53.9 Å². The van der Waals surface area contributed by atoms with Crippen molar-refractivity contribution in [2.75, 3.05) is 19.8 Å². The highest BCUT2D eigenvalue weighted by atomic mass is 32.1. The zero-order valence-corrected chi connectivity index (χ0v) is 20.2. The molecule has 34 heavy (non-hydrogen) atoms. The van der Waals surface area contributed by atoms with Gasteiger partial charge in [0.05, 0.1) is 6.61 Å². The van der Waals surface area contributed by atoms with Gasteiger partial charge in [0.2, 0.25) is 0 Å². The molecule has 0 bridgehead atoms. The van der Waals surface area contributed by atoms with Crippen molar-refractivity contribution in [2.45, 2.75) is 44.1 Å². The maximum Gasteiger partial charge on any atom is 0.357 e. The first-order chi connectivity index (χ1) is 16.5. The Morgan fingerprint density at radius 1 is 1.09 bits per heavy atom. The lowest BCUT2D eigenvalue weighted by atomic mass is 9.79. The Morgan fingerprint density at radius 3 is 2.38 bits per heavy atom. The van der Waals surface area contributed by atoms with Gasteiger partial charge in [0.25, 0.3) is 0 Å². The number of esters is 2. The van der Waals surface area contributed by atoms with Gasteiger partial charge in [-0.15, -0.1) is 11.3 Å². The lowest BCUT2D eigenvalue weighted by molar-refractivity contribution is -0.152. The van der Waals surface area contributed by atoms with Gasteiger partial charge < -0.3 is 14.8 Å². The highest BCUT2D eigenvalue weighted by molar-refractivity contribution is 7.10. The van der Waals surface area contributed by atoms with Crippen LogP contribution in [-0.4, -0.2) is 42.7 Å². The first kappa shape index (κ1) is 22.7. The van der Waals surface area contributed by atoms with Crippen LogP contribution in [0.25, 0.3) is 11.1 Å². The monoisotopic (exact) mass is 476 g/mol. The highest BCUT2D eigenvalue weighted by Crippen LogP contribution is 2.45. The van der Waals surface area contributed by atoms with Crippen LogP contribution in [0.2, 0.25) is 0 Å². The van der Waals surface area contributed by atoms with Gasteiger partial charge in [-0.1, -0.05) is 48.5 Å². The molecule has 1 aromatic heterocycles. The number of benzene rings is 2. The number of thiazole rings is 1. The van der Waals surface area contributed by atoms with Crippen LogP contribution in [0.3, 0.4) is 0 Å². The number of piperidine rings is 1. The molecule has 176 valence electrons. The number of carbonyl (C=O) groups excluding carboxylic acids is 2. The second kappa shape index (κ2) is 9.31. The van der Waals surface area contributed by atoms with Crippen LogP contribution in [-0.2, 0) is 19.7 Å². The Balaban J connectivity index is 1.41. The largest absolute Gasteiger partial charge is 0.464 e. The summed E-state index contributed by atoms with van der Waals surface area (Å²) in [5.41, 5.74) is 4.08. The predicted octanol–water partition coefficient (Wildman–Crippen LogP) is 4.69. The molecule has 1 N–H and O–H groups in total. The van der Waals surface area contributed by atoms with Crippen molar-refractivity contribution in [3.05, 3.63) is 75.7 Å². The fourth-order valence-corrected chi connectivity index (χ4v) is 5.98. The molecule has 0 radical (unpaired) electrons. The average Bonchev–Trinajstić information content (AvgIpc) is 3.48. The van der Waals surface area contributed by atoms with Gasteiger partial charge in [0.1, 0.15) is 17.0 Å². The summed E-state index contributed by atoms with van der Waals surface area (Å²) in [6, 6.07) is 16.9. The molecule has 1 aliphatic heterocycles. The zero-order valence-electron chi connectivity index (χ0n) is 19.4. The van der Waals surface area contributed by atoms with Crippen molar-refractivity contribution in [1.82, 2.24) is 10.3 Å². The molecule has 7 heteroatoms. The molecule has 0 saturated carbocycles. The van der Waals surface area contributed by atoms with E-state index in [0.717, 1.165) is 6.42 Å². The smallest absolute Gasteiger partial charge is 0.357 e. The Hall–Kier alpha value is -3.03.